The summed E-state index contributed by atoms with van der Waals surface area (Å²) in [5, 5.41) is 0.300. The lowest BCUT2D eigenvalue weighted by molar-refractivity contribution is 0.609. The molecule has 0 bridgehead atoms. The maximum absolute atomic E-state index is 11.1. The molecule has 0 amide bonds. The van der Waals surface area contributed by atoms with E-state index in [0.717, 1.165) is 0 Å². The van der Waals surface area contributed by atoms with Crippen LogP contribution in [0.3, 0.4) is 0 Å². The Kier molecular flexibility index (Phi) is 2.77. The summed E-state index contributed by atoms with van der Waals surface area (Å²) in [4.78, 5) is 8.19. The zero-order valence-corrected chi connectivity index (χ0v) is 10.4. The molecule has 0 fully saturated rings. The Hall–Kier alpha value is -0.910. The van der Waals surface area contributed by atoms with Crippen molar-refractivity contribution in [2.45, 2.75) is 11.8 Å². The van der Waals surface area contributed by atoms with E-state index in [1.807, 2.05) is 0 Å². The third-order valence-electron chi connectivity index (χ3n) is 2.03. The van der Waals surface area contributed by atoms with Crippen LogP contribution in [0.15, 0.2) is 23.1 Å². The second-order valence-electron chi connectivity index (χ2n) is 3.19. The molecule has 0 aliphatic carbocycles. The second kappa shape index (κ2) is 3.84. The van der Waals surface area contributed by atoms with E-state index in [2.05, 4.69) is 9.97 Å². The molecule has 1 aromatic carbocycles. The van der Waals surface area contributed by atoms with Gasteiger partial charge in [0, 0.05) is 10.7 Å². The van der Waals surface area contributed by atoms with Crippen LogP contribution in [0, 0.1) is 6.92 Å². The lowest BCUT2D eigenvalue weighted by Gasteiger charge is -2.02. The summed E-state index contributed by atoms with van der Waals surface area (Å²) in [5.74, 6) is 0. The van der Waals surface area contributed by atoms with Crippen molar-refractivity contribution in [3.63, 3.8) is 0 Å². The van der Waals surface area contributed by atoms with Crippen molar-refractivity contribution in [2.75, 3.05) is 0 Å². The van der Waals surface area contributed by atoms with Crippen LogP contribution in [0.5, 0.6) is 0 Å². The molecule has 84 valence electrons. The SMILES string of the molecule is Cc1nc2cc(S(=O)(=O)Cl)ccc2nc1Cl. The average Bonchev–Trinajstić information content (AvgIpc) is 2.17. The Morgan fingerprint density at radius 3 is 2.50 bits per heavy atom. The molecule has 0 radical (unpaired) electrons. The molecular formula is C9H6Cl2N2O2S. The normalized spacial score (nSPS) is 11.9. The summed E-state index contributed by atoms with van der Waals surface area (Å²) in [7, 11) is 1.48. The summed E-state index contributed by atoms with van der Waals surface area (Å²) in [6.45, 7) is 1.69. The lowest BCUT2D eigenvalue weighted by Crippen LogP contribution is -1.94. The molecule has 4 nitrogen and oxygen atoms in total. The van der Waals surface area contributed by atoms with Crippen LogP contribution in [-0.2, 0) is 9.05 Å². The van der Waals surface area contributed by atoms with Crippen molar-refractivity contribution < 1.29 is 8.42 Å². The van der Waals surface area contributed by atoms with Gasteiger partial charge in [-0.15, -0.1) is 0 Å². The minimum atomic E-state index is -3.75. The van der Waals surface area contributed by atoms with Gasteiger partial charge in [-0.1, -0.05) is 11.6 Å². The Morgan fingerprint density at radius 1 is 1.19 bits per heavy atom. The lowest BCUT2D eigenvalue weighted by atomic mass is 10.3. The Labute approximate surface area is 102 Å². The highest BCUT2D eigenvalue weighted by Gasteiger charge is 2.12. The molecule has 1 aromatic heterocycles. The number of fused-ring (bicyclic) bond motifs is 1. The minimum Gasteiger partial charge on any atom is -0.248 e. The van der Waals surface area contributed by atoms with Gasteiger partial charge in [0.15, 0.2) is 5.15 Å². The molecule has 0 unspecified atom stereocenters. The number of aromatic nitrogens is 2. The molecule has 0 N–H and O–H groups in total. The Bertz CT molecular complexity index is 671. The van der Waals surface area contributed by atoms with Crippen LogP contribution in [0.4, 0.5) is 0 Å². The maximum Gasteiger partial charge on any atom is 0.261 e. The molecule has 0 saturated heterocycles. The first kappa shape index (κ1) is 11.6. The van der Waals surface area contributed by atoms with Crippen molar-refractivity contribution in [3.05, 3.63) is 29.0 Å². The van der Waals surface area contributed by atoms with Gasteiger partial charge in [-0.3, -0.25) is 0 Å². The summed E-state index contributed by atoms with van der Waals surface area (Å²) < 4.78 is 22.2. The van der Waals surface area contributed by atoms with E-state index in [1.165, 1.54) is 18.2 Å². The summed E-state index contributed by atoms with van der Waals surface area (Å²) >= 11 is 5.80. The van der Waals surface area contributed by atoms with E-state index in [-0.39, 0.29) is 4.90 Å². The third-order valence-corrected chi connectivity index (χ3v) is 3.74. The van der Waals surface area contributed by atoms with Gasteiger partial charge < -0.3 is 0 Å². The molecule has 0 aliphatic heterocycles. The van der Waals surface area contributed by atoms with Crippen LogP contribution in [0.2, 0.25) is 5.15 Å². The predicted octanol–water partition coefficient (Wildman–Crippen LogP) is 2.52. The number of hydrogen-bond acceptors (Lipinski definition) is 4. The molecule has 2 rings (SSSR count). The van der Waals surface area contributed by atoms with Gasteiger partial charge in [0.1, 0.15) is 0 Å². The molecule has 1 heterocycles. The Morgan fingerprint density at radius 2 is 1.88 bits per heavy atom. The molecule has 0 saturated carbocycles. The van der Waals surface area contributed by atoms with Crippen molar-refractivity contribution in [1.82, 2.24) is 9.97 Å². The zero-order chi connectivity index (χ0) is 11.9. The summed E-state index contributed by atoms with van der Waals surface area (Å²) in [6.07, 6.45) is 0. The van der Waals surface area contributed by atoms with E-state index in [1.54, 1.807) is 6.92 Å². The fraction of sp³-hybridized carbons (Fsp3) is 0.111. The molecule has 0 atom stereocenters. The zero-order valence-electron chi connectivity index (χ0n) is 8.11. The quantitative estimate of drug-likeness (QED) is 0.751. The topological polar surface area (TPSA) is 59.9 Å². The fourth-order valence-electron chi connectivity index (χ4n) is 1.25. The van der Waals surface area contributed by atoms with Crippen molar-refractivity contribution in [1.29, 1.82) is 0 Å². The number of aryl methyl sites for hydroxylation is 1. The van der Waals surface area contributed by atoms with Gasteiger partial charge in [-0.2, -0.15) is 0 Å². The van der Waals surface area contributed by atoms with Gasteiger partial charge in [0.2, 0.25) is 0 Å². The van der Waals surface area contributed by atoms with Crippen molar-refractivity contribution >= 4 is 42.4 Å². The highest BCUT2D eigenvalue weighted by Crippen LogP contribution is 2.21. The monoisotopic (exact) mass is 276 g/mol. The first-order valence-electron chi connectivity index (χ1n) is 4.26. The van der Waals surface area contributed by atoms with Crippen LogP contribution >= 0.6 is 22.3 Å². The Balaban J connectivity index is 2.77. The largest absolute Gasteiger partial charge is 0.261 e. The molecule has 0 aliphatic rings. The van der Waals surface area contributed by atoms with Crippen molar-refractivity contribution in [2.24, 2.45) is 0 Å². The molecule has 2 aromatic rings. The van der Waals surface area contributed by atoms with E-state index >= 15 is 0 Å². The standard InChI is InChI=1S/C9H6Cl2N2O2S/c1-5-9(10)13-7-3-2-6(16(11,14)15)4-8(7)12-5/h2-4H,1H3. The van der Waals surface area contributed by atoms with Crippen LogP contribution in [0.25, 0.3) is 11.0 Å². The molecule has 0 spiro atoms. The van der Waals surface area contributed by atoms with E-state index in [9.17, 15) is 8.42 Å². The average molecular weight is 277 g/mol. The van der Waals surface area contributed by atoms with Gasteiger partial charge in [-0.05, 0) is 25.1 Å². The van der Waals surface area contributed by atoms with Crippen LogP contribution in [0.1, 0.15) is 5.69 Å². The van der Waals surface area contributed by atoms with Crippen LogP contribution < -0.4 is 0 Å². The van der Waals surface area contributed by atoms with E-state index in [0.29, 0.717) is 21.9 Å². The number of benzene rings is 1. The summed E-state index contributed by atoms with van der Waals surface area (Å²) in [5.41, 5.74) is 1.52. The molecular weight excluding hydrogens is 271 g/mol. The molecule has 16 heavy (non-hydrogen) atoms. The third kappa shape index (κ3) is 2.11. The first-order chi connectivity index (χ1) is 7.38. The maximum atomic E-state index is 11.1. The van der Waals surface area contributed by atoms with Gasteiger partial charge >= 0.3 is 0 Å². The van der Waals surface area contributed by atoms with Gasteiger partial charge in [-0.25, -0.2) is 18.4 Å². The van der Waals surface area contributed by atoms with Gasteiger partial charge in [0.25, 0.3) is 9.05 Å². The molecule has 7 heteroatoms. The highest BCUT2D eigenvalue weighted by atomic mass is 35.7. The first-order valence-corrected chi connectivity index (χ1v) is 6.95. The van der Waals surface area contributed by atoms with Crippen LogP contribution in [-0.4, -0.2) is 18.4 Å². The number of hydrogen-bond donors (Lipinski definition) is 0. The smallest absolute Gasteiger partial charge is 0.248 e. The number of nitrogens with zero attached hydrogens (tertiary/aromatic N) is 2. The number of halogens is 2. The van der Waals surface area contributed by atoms with E-state index < -0.39 is 9.05 Å². The highest BCUT2D eigenvalue weighted by molar-refractivity contribution is 8.13. The minimum absolute atomic E-state index is 0.00214. The van der Waals surface area contributed by atoms with Crippen molar-refractivity contribution in [3.8, 4) is 0 Å². The summed E-state index contributed by atoms with van der Waals surface area (Å²) in [6, 6.07) is 4.25. The fourth-order valence-corrected chi connectivity index (χ4v) is 2.16. The van der Waals surface area contributed by atoms with Gasteiger partial charge in [0.05, 0.1) is 21.6 Å². The predicted molar refractivity (Wildman–Crippen MR) is 62.3 cm³/mol. The second-order valence-corrected chi connectivity index (χ2v) is 6.11. The van der Waals surface area contributed by atoms with E-state index in [4.69, 9.17) is 22.3 Å². The number of rotatable bonds is 1.